The van der Waals surface area contributed by atoms with E-state index in [1.807, 2.05) is 0 Å². The zero-order valence-electron chi connectivity index (χ0n) is 8.20. The van der Waals surface area contributed by atoms with Crippen LogP contribution in [0.15, 0.2) is 16.6 Å². The van der Waals surface area contributed by atoms with Gasteiger partial charge in [-0.05, 0) is 24.6 Å². The van der Waals surface area contributed by atoms with Gasteiger partial charge in [-0.2, -0.15) is 0 Å². The number of esters is 1. The molecule has 0 amide bonds. The van der Waals surface area contributed by atoms with Crippen LogP contribution in [0.5, 0.6) is 5.75 Å². The third-order valence-electron chi connectivity index (χ3n) is 1.74. The van der Waals surface area contributed by atoms with Crippen molar-refractivity contribution in [1.29, 1.82) is 0 Å². The van der Waals surface area contributed by atoms with Crippen molar-refractivity contribution in [3.63, 3.8) is 0 Å². The summed E-state index contributed by atoms with van der Waals surface area (Å²) in [5.74, 6) is -1.61. The predicted molar refractivity (Wildman–Crippen MR) is 57.1 cm³/mol. The largest absolute Gasteiger partial charge is 0.478 e. The number of ether oxygens (including phenoxy) is 1. The van der Waals surface area contributed by atoms with Crippen LogP contribution in [0.1, 0.15) is 22.8 Å². The van der Waals surface area contributed by atoms with E-state index in [0.29, 0.717) is 4.47 Å². The third kappa shape index (κ3) is 2.79. The fraction of sp³-hybridized carbons (Fsp3) is 0.200. The summed E-state index contributed by atoms with van der Waals surface area (Å²) in [6.07, 6.45) is 0. The van der Waals surface area contributed by atoms with Crippen LogP contribution in [0.25, 0.3) is 0 Å². The Bertz CT molecular complexity index is 426. The van der Waals surface area contributed by atoms with Gasteiger partial charge < -0.3 is 9.84 Å². The van der Waals surface area contributed by atoms with Crippen LogP contribution in [0.3, 0.4) is 0 Å². The molecule has 0 aliphatic heterocycles. The molecular formula is C10H9BrO4. The van der Waals surface area contributed by atoms with Crippen LogP contribution in [0.4, 0.5) is 0 Å². The molecule has 15 heavy (non-hydrogen) atoms. The fourth-order valence-corrected chi connectivity index (χ4v) is 1.40. The smallest absolute Gasteiger partial charge is 0.339 e. The van der Waals surface area contributed by atoms with Gasteiger partial charge in [-0.15, -0.1) is 0 Å². The molecule has 0 heterocycles. The van der Waals surface area contributed by atoms with Crippen molar-refractivity contribution >= 4 is 27.9 Å². The highest BCUT2D eigenvalue weighted by molar-refractivity contribution is 9.10. The molecule has 1 aromatic carbocycles. The van der Waals surface area contributed by atoms with E-state index in [4.69, 9.17) is 9.84 Å². The molecule has 0 spiro atoms. The van der Waals surface area contributed by atoms with Gasteiger partial charge in [0.1, 0.15) is 11.3 Å². The maximum atomic E-state index is 10.9. The molecule has 4 nitrogen and oxygen atoms in total. The highest BCUT2D eigenvalue weighted by Gasteiger charge is 2.15. The number of carbonyl (C=O) groups is 2. The van der Waals surface area contributed by atoms with Crippen LogP contribution in [0, 0.1) is 6.92 Å². The molecule has 0 saturated carbocycles. The van der Waals surface area contributed by atoms with E-state index in [0.717, 1.165) is 5.56 Å². The number of aromatic carboxylic acids is 1. The van der Waals surface area contributed by atoms with E-state index < -0.39 is 11.9 Å². The molecule has 80 valence electrons. The molecule has 5 heteroatoms. The number of halogens is 1. The first-order chi connectivity index (χ1) is 6.91. The highest BCUT2D eigenvalue weighted by atomic mass is 79.9. The normalized spacial score (nSPS) is 9.80. The lowest BCUT2D eigenvalue weighted by atomic mass is 10.1. The summed E-state index contributed by atoms with van der Waals surface area (Å²) in [6.45, 7) is 3.01. The fourth-order valence-electron chi connectivity index (χ4n) is 1.06. The Kier molecular flexibility index (Phi) is 3.47. The van der Waals surface area contributed by atoms with Crippen LogP contribution >= 0.6 is 15.9 Å². The van der Waals surface area contributed by atoms with E-state index >= 15 is 0 Å². The van der Waals surface area contributed by atoms with Crippen LogP contribution in [-0.2, 0) is 4.79 Å². The van der Waals surface area contributed by atoms with Crippen LogP contribution < -0.4 is 4.74 Å². The van der Waals surface area contributed by atoms with Gasteiger partial charge in [-0.1, -0.05) is 15.9 Å². The molecule has 1 aromatic rings. The Morgan fingerprint density at radius 3 is 2.47 bits per heavy atom. The van der Waals surface area contributed by atoms with Crippen molar-refractivity contribution in [2.45, 2.75) is 13.8 Å². The topological polar surface area (TPSA) is 63.6 Å². The second-order valence-electron chi connectivity index (χ2n) is 3.00. The maximum absolute atomic E-state index is 10.9. The Morgan fingerprint density at radius 1 is 1.40 bits per heavy atom. The summed E-state index contributed by atoms with van der Waals surface area (Å²) in [4.78, 5) is 21.6. The SMILES string of the molecule is CC(=O)Oc1cc(C)c(Br)cc1C(=O)O. The van der Waals surface area contributed by atoms with Gasteiger partial charge in [0.15, 0.2) is 0 Å². The van der Waals surface area contributed by atoms with Crippen molar-refractivity contribution in [3.8, 4) is 5.75 Å². The van der Waals surface area contributed by atoms with Gasteiger partial charge in [0, 0.05) is 11.4 Å². The van der Waals surface area contributed by atoms with Crippen molar-refractivity contribution in [2.24, 2.45) is 0 Å². The van der Waals surface area contributed by atoms with E-state index in [2.05, 4.69) is 15.9 Å². The molecule has 1 rings (SSSR count). The van der Waals surface area contributed by atoms with Crippen LogP contribution in [-0.4, -0.2) is 17.0 Å². The molecule has 0 unspecified atom stereocenters. The molecular weight excluding hydrogens is 264 g/mol. The molecule has 0 atom stereocenters. The molecule has 0 radical (unpaired) electrons. The summed E-state index contributed by atoms with van der Waals surface area (Å²) in [5, 5.41) is 8.88. The second kappa shape index (κ2) is 4.44. The average molecular weight is 273 g/mol. The lowest BCUT2D eigenvalue weighted by Gasteiger charge is -2.08. The van der Waals surface area contributed by atoms with Crippen LogP contribution in [0.2, 0.25) is 0 Å². The minimum atomic E-state index is -1.13. The van der Waals surface area contributed by atoms with Gasteiger partial charge in [0.05, 0.1) is 0 Å². The number of hydrogen-bond donors (Lipinski definition) is 1. The van der Waals surface area contributed by atoms with Gasteiger partial charge in [-0.3, -0.25) is 4.79 Å². The zero-order chi connectivity index (χ0) is 11.6. The molecule has 0 saturated heterocycles. The zero-order valence-corrected chi connectivity index (χ0v) is 9.79. The summed E-state index contributed by atoms with van der Waals surface area (Å²) < 4.78 is 5.46. The number of benzene rings is 1. The Labute approximate surface area is 95.0 Å². The second-order valence-corrected chi connectivity index (χ2v) is 3.85. The predicted octanol–water partition coefficient (Wildman–Crippen LogP) is 2.38. The summed E-state index contributed by atoms with van der Waals surface area (Å²) in [5.41, 5.74) is 0.763. The van der Waals surface area contributed by atoms with Crippen molar-refractivity contribution in [3.05, 3.63) is 27.7 Å². The number of aryl methyl sites for hydroxylation is 1. The van der Waals surface area contributed by atoms with E-state index in [-0.39, 0.29) is 11.3 Å². The minimum absolute atomic E-state index is 0.0392. The number of carboxylic acids is 1. The Balaban J connectivity index is 3.28. The molecule has 1 N–H and O–H groups in total. The molecule has 0 bridgehead atoms. The quantitative estimate of drug-likeness (QED) is 0.663. The van der Waals surface area contributed by atoms with Gasteiger partial charge >= 0.3 is 11.9 Å². The first kappa shape index (κ1) is 11.7. The van der Waals surface area contributed by atoms with E-state index in [1.165, 1.54) is 19.1 Å². The molecule has 0 aromatic heterocycles. The summed E-state index contributed by atoms with van der Waals surface area (Å²) in [7, 11) is 0. The van der Waals surface area contributed by atoms with Gasteiger partial charge in [0.2, 0.25) is 0 Å². The Morgan fingerprint density at radius 2 is 2.00 bits per heavy atom. The monoisotopic (exact) mass is 272 g/mol. The maximum Gasteiger partial charge on any atom is 0.339 e. The standard InChI is InChI=1S/C10H9BrO4/c1-5-3-9(15-6(2)12)7(10(13)14)4-8(5)11/h3-4H,1-2H3,(H,13,14). The Hall–Kier alpha value is -1.36. The number of rotatable bonds is 2. The summed E-state index contributed by atoms with van der Waals surface area (Å²) in [6, 6.07) is 2.92. The molecule has 0 aliphatic carbocycles. The minimum Gasteiger partial charge on any atom is -0.478 e. The van der Waals surface area contributed by atoms with E-state index in [1.54, 1.807) is 6.92 Å². The van der Waals surface area contributed by atoms with Crippen molar-refractivity contribution in [1.82, 2.24) is 0 Å². The first-order valence-corrected chi connectivity index (χ1v) is 4.93. The first-order valence-electron chi connectivity index (χ1n) is 4.13. The van der Waals surface area contributed by atoms with Gasteiger partial charge in [-0.25, -0.2) is 4.79 Å². The molecule has 0 aliphatic rings. The van der Waals surface area contributed by atoms with Crippen molar-refractivity contribution < 1.29 is 19.4 Å². The van der Waals surface area contributed by atoms with Crippen molar-refractivity contribution in [2.75, 3.05) is 0 Å². The summed E-state index contributed by atoms with van der Waals surface area (Å²) >= 11 is 3.21. The lowest BCUT2D eigenvalue weighted by Crippen LogP contribution is -2.07. The average Bonchev–Trinajstić information content (AvgIpc) is 2.09. The number of carboxylic acid groups (broad SMARTS) is 1. The molecule has 0 fully saturated rings. The highest BCUT2D eigenvalue weighted by Crippen LogP contribution is 2.27. The third-order valence-corrected chi connectivity index (χ3v) is 2.60. The number of hydrogen-bond acceptors (Lipinski definition) is 3. The lowest BCUT2D eigenvalue weighted by molar-refractivity contribution is -0.131. The van der Waals surface area contributed by atoms with Gasteiger partial charge in [0.25, 0.3) is 0 Å². The number of carbonyl (C=O) groups excluding carboxylic acids is 1. The van der Waals surface area contributed by atoms with E-state index in [9.17, 15) is 9.59 Å².